The number of amides is 1. The third-order valence-electron chi connectivity index (χ3n) is 6.04. The minimum absolute atomic E-state index is 0.0550. The summed E-state index contributed by atoms with van der Waals surface area (Å²) < 4.78 is 8.16. The van der Waals surface area contributed by atoms with Crippen LogP contribution in [0.3, 0.4) is 0 Å². The molecule has 0 saturated carbocycles. The lowest BCUT2D eigenvalue weighted by molar-refractivity contribution is -0.173. The molecule has 3 aromatic heterocycles. The van der Waals surface area contributed by atoms with E-state index in [0.717, 1.165) is 24.2 Å². The number of ether oxygens (including phenoxy) is 1. The van der Waals surface area contributed by atoms with Gasteiger partial charge >= 0.3 is 0 Å². The Morgan fingerprint density at radius 3 is 2.93 bits per heavy atom. The number of hydrogen-bond acceptors (Lipinski definition) is 6. The molecule has 2 fully saturated rings. The van der Waals surface area contributed by atoms with Gasteiger partial charge in [-0.3, -0.25) is 19.4 Å². The maximum atomic E-state index is 13.8. The van der Waals surface area contributed by atoms with Crippen LogP contribution in [0.15, 0.2) is 53.7 Å². The summed E-state index contributed by atoms with van der Waals surface area (Å²) in [5.41, 5.74) is 2.49. The van der Waals surface area contributed by atoms with E-state index in [1.54, 1.807) is 17.5 Å². The molecular formula is C22H25N5O2S. The van der Waals surface area contributed by atoms with Gasteiger partial charge in [-0.05, 0) is 34.0 Å². The van der Waals surface area contributed by atoms with Crippen molar-refractivity contribution in [1.29, 1.82) is 0 Å². The minimum Gasteiger partial charge on any atom is -0.361 e. The van der Waals surface area contributed by atoms with Crippen LogP contribution < -0.4 is 0 Å². The van der Waals surface area contributed by atoms with Gasteiger partial charge in [0.25, 0.3) is 5.91 Å². The Bertz CT molecular complexity index is 1010. The summed E-state index contributed by atoms with van der Waals surface area (Å²) in [4.78, 5) is 22.4. The number of morpholine rings is 1. The molecule has 2 atom stereocenters. The van der Waals surface area contributed by atoms with Crippen molar-refractivity contribution in [3.05, 3.63) is 70.4 Å². The predicted molar refractivity (Wildman–Crippen MR) is 114 cm³/mol. The molecule has 5 rings (SSSR count). The van der Waals surface area contributed by atoms with Crippen LogP contribution in [0.5, 0.6) is 0 Å². The van der Waals surface area contributed by atoms with Crippen molar-refractivity contribution in [3.8, 4) is 0 Å². The zero-order chi connectivity index (χ0) is 20.6. The summed E-state index contributed by atoms with van der Waals surface area (Å²) in [5, 5.41) is 8.45. The van der Waals surface area contributed by atoms with E-state index in [0.29, 0.717) is 26.2 Å². The number of thiophene rings is 1. The van der Waals surface area contributed by atoms with Crippen molar-refractivity contribution >= 4 is 17.2 Å². The third-order valence-corrected chi connectivity index (χ3v) is 6.77. The number of hydrogen-bond donors (Lipinski definition) is 0. The first-order valence-electron chi connectivity index (χ1n) is 10.2. The van der Waals surface area contributed by atoms with Gasteiger partial charge in [-0.25, -0.2) is 0 Å². The van der Waals surface area contributed by atoms with Crippen molar-refractivity contribution in [2.45, 2.75) is 24.6 Å². The third kappa shape index (κ3) is 3.55. The van der Waals surface area contributed by atoms with Crippen LogP contribution in [0.25, 0.3) is 0 Å². The van der Waals surface area contributed by atoms with Crippen LogP contribution in [0.1, 0.15) is 22.6 Å². The van der Waals surface area contributed by atoms with Gasteiger partial charge in [-0.1, -0.05) is 6.07 Å². The molecule has 1 spiro atoms. The summed E-state index contributed by atoms with van der Waals surface area (Å²) in [6.45, 7) is 3.87. The molecule has 3 aromatic rings. The maximum Gasteiger partial charge on any atom is 0.257 e. The van der Waals surface area contributed by atoms with Crippen LogP contribution in [-0.4, -0.2) is 62.3 Å². The Labute approximate surface area is 179 Å². The number of carbonyl (C=O) groups excluding carboxylic acids is 1. The highest BCUT2D eigenvalue weighted by Gasteiger charge is 2.57. The smallest absolute Gasteiger partial charge is 0.257 e. The molecule has 0 unspecified atom stereocenters. The van der Waals surface area contributed by atoms with E-state index >= 15 is 0 Å². The van der Waals surface area contributed by atoms with Crippen LogP contribution in [0.4, 0.5) is 0 Å². The Balaban J connectivity index is 1.45. The average Bonchev–Trinajstić information content (AvgIpc) is 3.48. The largest absolute Gasteiger partial charge is 0.361 e. The van der Waals surface area contributed by atoms with Gasteiger partial charge in [0.2, 0.25) is 0 Å². The Morgan fingerprint density at radius 2 is 2.20 bits per heavy atom. The van der Waals surface area contributed by atoms with Crippen molar-refractivity contribution in [1.82, 2.24) is 24.6 Å². The molecule has 156 valence electrons. The fourth-order valence-electron chi connectivity index (χ4n) is 4.69. The minimum atomic E-state index is -0.875. The number of aromatic nitrogens is 3. The topological polar surface area (TPSA) is 63.5 Å². The molecule has 30 heavy (non-hydrogen) atoms. The molecule has 2 aliphatic rings. The van der Waals surface area contributed by atoms with Crippen LogP contribution in [0.2, 0.25) is 0 Å². The Hall–Kier alpha value is -2.55. The number of carbonyl (C=O) groups is 1. The van der Waals surface area contributed by atoms with Crippen LogP contribution >= 0.6 is 11.3 Å². The highest BCUT2D eigenvalue weighted by Crippen LogP contribution is 2.42. The molecule has 0 radical (unpaired) electrons. The second kappa shape index (κ2) is 7.94. The molecule has 5 heterocycles. The lowest BCUT2D eigenvalue weighted by atomic mass is 9.83. The van der Waals surface area contributed by atoms with Gasteiger partial charge in [-0.15, -0.1) is 0 Å². The number of pyridine rings is 1. The van der Waals surface area contributed by atoms with E-state index in [-0.39, 0.29) is 11.8 Å². The van der Waals surface area contributed by atoms with E-state index in [1.165, 1.54) is 5.56 Å². The molecule has 2 aliphatic heterocycles. The zero-order valence-electron chi connectivity index (χ0n) is 17.0. The second-order valence-electron chi connectivity index (χ2n) is 8.13. The number of rotatable bonds is 5. The van der Waals surface area contributed by atoms with Crippen molar-refractivity contribution in [2.24, 2.45) is 7.05 Å². The molecule has 0 N–H and O–H groups in total. The Morgan fingerprint density at radius 1 is 1.27 bits per heavy atom. The zero-order valence-corrected chi connectivity index (χ0v) is 17.8. The van der Waals surface area contributed by atoms with E-state index in [9.17, 15) is 4.79 Å². The molecular weight excluding hydrogens is 398 g/mol. The van der Waals surface area contributed by atoms with Crippen molar-refractivity contribution in [3.63, 3.8) is 0 Å². The number of nitrogens with zero attached hydrogens (tertiary/aromatic N) is 5. The highest BCUT2D eigenvalue weighted by molar-refractivity contribution is 7.07. The maximum absolute atomic E-state index is 13.8. The standard InChI is InChI=1S/C22H25N5O2S/c1-25-11-18(9-24-25)12-26-14-20(19-3-2-5-23-10-19)22(16-26)21(28)27(6-7-29-22)13-17-4-8-30-15-17/h2-5,8-11,15,20H,6-7,12-14,16H2,1H3/t20-,22-/m1/s1. The second-order valence-corrected chi connectivity index (χ2v) is 8.91. The first-order chi connectivity index (χ1) is 14.6. The Kier molecular flexibility index (Phi) is 5.14. The fourth-order valence-corrected chi connectivity index (χ4v) is 5.35. The lowest BCUT2D eigenvalue weighted by Crippen LogP contribution is -2.59. The molecule has 0 aromatic carbocycles. The SMILES string of the molecule is Cn1cc(CN2C[C@H](c3cccnc3)[C@@]3(C2)OCCN(Cc2ccsc2)C3=O)cn1. The van der Waals surface area contributed by atoms with Crippen molar-refractivity contribution in [2.75, 3.05) is 26.2 Å². The van der Waals surface area contributed by atoms with Crippen LogP contribution in [0, 0.1) is 0 Å². The first kappa shape index (κ1) is 19.4. The molecule has 8 heteroatoms. The fraction of sp³-hybridized carbons (Fsp3) is 0.409. The van der Waals surface area contributed by atoms with E-state index < -0.39 is 5.60 Å². The quantitative estimate of drug-likeness (QED) is 0.630. The molecule has 0 bridgehead atoms. The monoisotopic (exact) mass is 423 g/mol. The predicted octanol–water partition coefficient (Wildman–Crippen LogP) is 2.27. The molecule has 7 nitrogen and oxygen atoms in total. The van der Waals surface area contributed by atoms with Gasteiger partial charge in [0, 0.05) is 69.8 Å². The molecule has 1 amide bonds. The van der Waals surface area contributed by atoms with Gasteiger partial charge in [0.1, 0.15) is 0 Å². The van der Waals surface area contributed by atoms with Gasteiger partial charge < -0.3 is 9.64 Å². The van der Waals surface area contributed by atoms with Crippen molar-refractivity contribution < 1.29 is 9.53 Å². The first-order valence-corrected chi connectivity index (χ1v) is 11.1. The van der Waals surface area contributed by atoms with E-state index in [4.69, 9.17) is 4.74 Å². The summed E-state index contributed by atoms with van der Waals surface area (Å²) in [6, 6.07) is 6.08. The normalized spacial score (nSPS) is 24.8. The average molecular weight is 424 g/mol. The number of aryl methyl sites for hydroxylation is 1. The number of likely N-dealkylation sites (tertiary alicyclic amines) is 1. The van der Waals surface area contributed by atoms with Gasteiger partial charge in [0.15, 0.2) is 5.60 Å². The summed E-state index contributed by atoms with van der Waals surface area (Å²) in [7, 11) is 1.92. The summed E-state index contributed by atoms with van der Waals surface area (Å²) in [6.07, 6.45) is 7.55. The highest BCUT2D eigenvalue weighted by atomic mass is 32.1. The molecule has 0 aliphatic carbocycles. The van der Waals surface area contributed by atoms with Crippen LogP contribution in [-0.2, 0) is 29.7 Å². The van der Waals surface area contributed by atoms with Gasteiger partial charge in [-0.2, -0.15) is 16.4 Å². The van der Waals surface area contributed by atoms with E-state index in [2.05, 4.69) is 37.9 Å². The molecule has 2 saturated heterocycles. The van der Waals surface area contributed by atoms with Gasteiger partial charge in [0.05, 0.1) is 12.8 Å². The summed E-state index contributed by atoms with van der Waals surface area (Å²) in [5.74, 6) is 0.0307. The lowest BCUT2D eigenvalue weighted by Gasteiger charge is -2.42. The van der Waals surface area contributed by atoms with E-state index in [1.807, 2.05) is 41.3 Å². The summed E-state index contributed by atoms with van der Waals surface area (Å²) >= 11 is 1.66.